The summed E-state index contributed by atoms with van der Waals surface area (Å²) in [4.78, 5) is 14.1. The van der Waals surface area contributed by atoms with Crippen LogP contribution < -0.4 is 5.32 Å². The first-order chi connectivity index (χ1) is 8.81. The van der Waals surface area contributed by atoms with Crippen LogP contribution in [0, 0.1) is 0 Å². The van der Waals surface area contributed by atoms with Gasteiger partial charge in [0.2, 0.25) is 5.91 Å². The molecule has 0 bridgehead atoms. The van der Waals surface area contributed by atoms with Crippen LogP contribution in [-0.4, -0.2) is 36.5 Å². The van der Waals surface area contributed by atoms with Gasteiger partial charge in [0.25, 0.3) is 0 Å². The Bertz CT molecular complexity index is 392. The molecule has 4 nitrogen and oxygen atoms in total. The predicted octanol–water partition coefficient (Wildman–Crippen LogP) is 1.89. The Kier molecular flexibility index (Phi) is 4.59. The van der Waals surface area contributed by atoms with E-state index in [9.17, 15) is 4.79 Å². The molecule has 1 aromatic rings. The van der Waals surface area contributed by atoms with Crippen LogP contribution in [0.15, 0.2) is 28.9 Å². The van der Waals surface area contributed by atoms with E-state index in [0.29, 0.717) is 11.8 Å². The molecule has 1 fully saturated rings. The number of piperidine rings is 1. The highest BCUT2D eigenvalue weighted by atomic mass is 16.3. The average Bonchev–Trinajstić information content (AvgIpc) is 2.92. The van der Waals surface area contributed by atoms with Gasteiger partial charge in [-0.3, -0.25) is 4.79 Å². The molecule has 0 aromatic carbocycles. The number of rotatable bonds is 4. The molecule has 0 radical (unpaired) electrons. The van der Waals surface area contributed by atoms with E-state index in [1.54, 1.807) is 18.4 Å². The van der Waals surface area contributed by atoms with Gasteiger partial charge in [-0.15, -0.1) is 0 Å². The summed E-state index contributed by atoms with van der Waals surface area (Å²) in [5.74, 6) is 0.783. The Balaban J connectivity index is 1.96. The number of nitrogens with zero attached hydrogens (tertiary/aromatic N) is 1. The quantitative estimate of drug-likeness (QED) is 0.828. The maximum absolute atomic E-state index is 12.1. The third-order valence-corrected chi connectivity index (χ3v) is 3.31. The number of hydrogen-bond donors (Lipinski definition) is 1. The zero-order valence-corrected chi connectivity index (χ0v) is 10.8. The largest absolute Gasteiger partial charge is 0.465 e. The zero-order chi connectivity index (χ0) is 12.8. The van der Waals surface area contributed by atoms with E-state index in [4.69, 9.17) is 4.42 Å². The molecule has 1 aliphatic heterocycles. The van der Waals surface area contributed by atoms with Gasteiger partial charge in [-0.25, -0.2) is 0 Å². The van der Waals surface area contributed by atoms with E-state index in [2.05, 4.69) is 5.32 Å². The van der Waals surface area contributed by atoms with Gasteiger partial charge in [-0.2, -0.15) is 0 Å². The smallest absolute Gasteiger partial charge is 0.246 e. The summed E-state index contributed by atoms with van der Waals surface area (Å²) in [6, 6.07) is 4.02. The highest BCUT2D eigenvalue weighted by Gasteiger charge is 2.22. The average molecular weight is 248 g/mol. The fraction of sp³-hybridized carbons (Fsp3) is 0.500. The highest BCUT2D eigenvalue weighted by molar-refractivity contribution is 5.91. The number of hydrogen-bond acceptors (Lipinski definition) is 3. The molecule has 0 unspecified atom stereocenters. The number of furan rings is 1. The first-order valence-corrected chi connectivity index (χ1v) is 6.54. The number of likely N-dealkylation sites (N-methyl/N-ethyl adjacent to an activating group) is 1. The van der Waals surface area contributed by atoms with Crippen LogP contribution in [0.1, 0.15) is 25.5 Å². The molecule has 0 atom stereocenters. The zero-order valence-electron chi connectivity index (χ0n) is 10.8. The Morgan fingerprint density at radius 2 is 2.33 bits per heavy atom. The number of amides is 1. The lowest BCUT2D eigenvalue weighted by molar-refractivity contribution is -0.128. The minimum absolute atomic E-state index is 0.0702. The molecular weight excluding hydrogens is 228 g/mol. The first kappa shape index (κ1) is 12.9. The molecule has 0 spiro atoms. The summed E-state index contributed by atoms with van der Waals surface area (Å²) in [5.41, 5.74) is 0. The topological polar surface area (TPSA) is 45.5 Å². The van der Waals surface area contributed by atoms with Gasteiger partial charge >= 0.3 is 0 Å². The Morgan fingerprint density at radius 3 is 2.94 bits per heavy atom. The monoisotopic (exact) mass is 248 g/mol. The number of carbonyl (C=O) groups excluding carboxylic acids is 1. The number of nitrogens with one attached hydrogen (secondary N) is 1. The molecule has 1 aliphatic rings. The third-order valence-electron chi connectivity index (χ3n) is 3.31. The van der Waals surface area contributed by atoms with E-state index < -0.39 is 0 Å². The van der Waals surface area contributed by atoms with E-state index >= 15 is 0 Å². The van der Waals surface area contributed by atoms with Gasteiger partial charge in [-0.1, -0.05) is 0 Å². The molecule has 2 heterocycles. The van der Waals surface area contributed by atoms with Gasteiger partial charge in [0.1, 0.15) is 5.76 Å². The van der Waals surface area contributed by atoms with Gasteiger partial charge in [0.05, 0.1) is 6.26 Å². The van der Waals surface area contributed by atoms with Crippen molar-refractivity contribution in [2.45, 2.75) is 25.8 Å². The van der Waals surface area contributed by atoms with Crippen molar-refractivity contribution >= 4 is 12.0 Å². The number of carbonyl (C=O) groups is 1. The summed E-state index contributed by atoms with van der Waals surface area (Å²) in [6.07, 6.45) is 7.01. The van der Waals surface area contributed by atoms with E-state index in [1.165, 1.54) is 0 Å². The first-order valence-electron chi connectivity index (χ1n) is 6.54. The van der Waals surface area contributed by atoms with Gasteiger partial charge in [0.15, 0.2) is 0 Å². The molecule has 2 rings (SSSR count). The van der Waals surface area contributed by atoms with Crippen molar-refractivity contribution in [3.05, 3.63) is 30.2 Å². The molecule has 1 aromatic heterocycles. The van der Waals surface area contributed by atoms with Crippen molar-refractivity contribution < 1.29 is 9.21 Å². The molecule has 18 heavy (non-hydrogen) atoms. The van der Waals surface area contributed by atoms with Crippen molar-refractivity contribution in [2.24, 2.45) is 0 Å². The van der Waals surface area contributed by atoms with Crippen LogP contribution in [0.25, 0.3) is 6.08 Å². The molecule has 98 valence electrons. The van der Waals surface area contributed by atoms with Gasteiger partial charge < -0.3 is 14.6 Å². The Morgan fingerprint density at radius 1 is 1.56 bits per heavy atom. The summed E-state index contributed by atoms with van der Waals surface area (Å²) < 4.78 is 5.18. The van der Waals surface area contributed by atoms with Crippen molar-refractivity contribution in [3.8, 4) is 0 Å². The maximum Gasteiger partial charge on any atom is 0.246 e. The Labute approximate surface area is 108 Å². The van der Waals surface area contributed by atoms with Crippen LogP contribution in [0.3, 0.4) is 0 Å². The lowest BCUT2D eigenvalue weighted by Crippen LogP contribution is -2.45. The summed E-state index contributed by atoms with van der Waals surface area (Å²) in [5, 5.41) is 3.32. The fourth-order valence-corrected chi connectivity index (χ4v) is 2.35. The lowest BCUT2D eigenvalue weighted by atomic mass is 10.0. The molecular formula is C14H20N2O2. The predicted molar refractivity (Wildman–Crippen MR) is 71.0 cm³/mol. The second kappa shape index (κ2) is 6.40. The summed E-state index contributed by atoms with van der Waals surface area (Å²) in [7, 11) is 0. The second-order valence-electron chi connectivity index (χ2n) is 4.45. The molecule has 0 saturated carbocycles. The van der Waals surface area contributed by atoms with Crippen LogP contribution in [0.5, 0.6) is 0 Å². The normalized spacial score (nSPS) is 17.2. The highest BCUT2D eigenvalue weighted by Crippen LogP contribution is 2.13. The van der Waals surface area contributed by atoms with E-state index in [0.717, 1.165) is 32.5 Å². The summed E-state index contributed by atoms with van der Waals surface area (Å²) in [6.45, 7) is 4.78. The molecule has 1 amide bonds. The van der Waals surface area contributed by atoms with Gasteiger partial charge in [0, 0.05) is 18.7 Å². The molecule has 4 heteroatoms. The molecule has 1 saturated heterocycles. The van der Waals surface area contributed by atoms with E-state index in [1.807, 2.05) is 24.0 Å². The SMILES string of the molecule is CCN(C(=O)/C=C/c1ccco1)C1CCNCC1. The lowest BCUT2D eigenvalue weighted by Gasteiger charge is -2.33. The van der Waals surface area contributed by atoms with E-state index in [-0.39, 0.29) is 5.91 Å². The van der Waals surface area contributed by atoms with Gasteiger partial charge in [-0.05, 0) is 51.1 Å². The third kappa shape index (κ3) is 3.23. The maximum atomic E-state index is 12.1. The van der Waals surface area contributed by atoms with Crippen molar-refractivity contribution in [2.75, 3.05) is 19.6 Å². The second-order valence-corrected chi connectivity index (χ2v) is 4.45. The fourth-order valence-electron chi connectivity index (χ4n) is 2.35. The van der Waals surface area contributed by atoms with Crippen molar-refractivity contribution in [1.29, 1.82) is 0 Å². The Hall–Kier alpha value is -1.55. The van der Waals surface area contributed by atoms with Crippen LogP contribution in [0.4, 0.5) is 0 Å². The van der Waals surface area contributed by atoms with Crippen LogP contribution in [0.2, 0.25) is 0 Å². The van der Waals surface area contributed by atoms with Crippen molar-refractivity contribution in [3.63, 3.8) is 0 Å². The summed E-state index contributed by atoms with van der Waals surface area (Å²) >= 11 is 0. The minimum atomic E-state index is 0.0702. The van der Waals surface area contributed by atoms with Crippen molar-refractivity contribution in [1.82, 2.24) is 10.2 Å². The standard InChI is InChI=1S/C14H20N2O2/c1-2-16(12-7-9-15-10-8-12)14(17)6-5-13-4-3-11-18-13/h3-6,11-12,15H,2,7-10H2,1H3/b6-5+. The molecule has 0 aliphatic carbocycles. The molecule has 1 N–H and O–H groups in total. The van der Waals surface area contributed by atoms with Crippen LogP contribution >= 0.6 is 0 Å². The van der Waals surface area contributed by atoms with Crippen LogP contribution in [-0.2, 0) is 4.79 Å². The minimum Gasteiger partial charge on any atom is -0.465 e.